The van der Waals surface area contributed by atoms with E-state index >= 15 is 0 Å². The number of piperidine rings is 1. The van der Waals surface area contributed by atoms with Gasteiger partial charge >= 0.3 is 0 Å². The Bertz CT molecular complexity index is 336. The molecule has 0 aromatic heterocycles. The number of hydrogen-bond acceptors (Lipinski definition) is 2. The molecule has 0 spiro atoms. The summed E-state index contributed by atoms with van der Waals surface area (Å²) in [7, 11) is 0. The normalized spacial score (nSPS) is 26.6. The fraction of sp³-hybridized carbons (Fsp3) is 0.429. The molecule has 1 aromatic carbocycles. The smallest absolute Gasteiger partial charge is 0.0673 e. The second-order valence-corrected chi connectivity index (χ2v) is 4.56. The molecule has 0 saturated carbocycles. The van der Waals surface area contributed by atoms with Crippen LogP contribution in [-0.4, -0.2) is 29.2 Å². The third kappa shape index (κ3) is 2.94. The van der Waals surface area contributed by atoms with Crippen LogP contribution in [0.15, 0.2) is 43.0 Å². The van der Waals surface area contributed by atoms with Crippen LogP contribution in [-0.2, 0) is 6.54 Å². The van der Waals surface area contributed by atoms with Crippen LogP contribution in [0.3, 0.4) is 0 Å². The molecular formula is C14H19NO. The maximum atomic E-state index is 9.77. The molecule has 1 aliphatic rings. The molecule has 0 aliphatic carbocycles. The Balaban J connectivity index is 1.97. The minimum Gasteiger partial charge on any atom is -0.392 e. The molecule has 1 N–H and O–H groups in total. The van der Waals surface area contributed by atoms with E-state index in [-0.39, 0.29) is 6.10 Å². The van der Waals surface area contributed by atoms with Crippen LogP contribution in [0.25, 0.3) is 0 Å². The van der Waals surface area contributed by atoms with Crippen LogP contribution in [0.4, 0.5) is 0 Å². The van der Waals surface area contributed by atoms with Crippen LogP contribution >= 0.6 is 0 Å². The number of likely N-dealkylation sites (tertiary alicyclic amines) is 1. The van der Waals surface area contributed by atoms with Gasteiger partial charge in [0, 0.05) is 19.6 Å². The maximum absolute atomic E-state index is 9.77. The molecule has 0 amide bonds. The molecule has 16 heavy (non-hydrogen) atoms. The van der Waals surface area contributed by atoms with Crippen molar-refractivity contribution >= 4 is 0 Å². The van der Waals surface area contributed by atoms with Gasteiger partial charge in [-0.1, -0.05) is 36.4 Å². The number of β-amino-alcohol motifs (C(OH)–C–C–N with tert-alkyl or cyclic N) is 1. The Labute approximate surface area is 97.2 Å². The highest BCUT2D eigenvalue weighted by atomic mass is 16.3. The number of aliphatic hydroxyl groups excluding tert-OH is 1. The summed E-state index contributed by atoms with van der Waals surface area (Å²) in [6.45, 7) is 6.53. The number of nitrogens with zero attached hydrogens (tertiary/aromatic N) is 1. The van der Waals surface area contributed by atoms with Crippen LogP contribution in [0.2, 0.25) is 0 Å². The summed E-state index contributed by atoms with van der Waals surface area (Å²) < 4.78 is 0. The Kier molecular flexibility index (Phi) is 3.75. The van der Waals surface area contributed by atoms with E-state index in [4.69, 9.17) is 0 Å². The molecule has 1 fully saturated rings. The standard InChI is InChI=1S/C14H19NO/c1-2-12-8-14(16)11-15(9-12)10-13-6-4-3-5-7-13/h2-7,12,14,16H,1,8-11H2/t12-,14+/m0/s1. The fourth-order valence-corrected chi connectivity index (χ4v) is 2.34. The molecule has 0 bridgehead atoms. The lowest BCUT2D eigenvalue weighted by Crippen LogP contribution is -2.41. The van der Waals surface area contributed by atoms with E-state index in [0.29, 0.717) is 5.92 Å². The summed E-state index contributed by atoms with van der Waals surface area (Å²) in [4.78, 5) is 2.30. The van der Waals surface area contributed by atoms with Gasteiger partial charge in [-0.2, -0.15) is 0 Å². The second-order valence-electron chi connectivity index (χ2n) is 4.56. The minimum absolute atomic E-state index is 0.208. The van der Waals surface area contributed by atoms with Gasteiger partial charge in [-0.3, -0.25) is 4.90 Å². The average Bonchev–Trinajstić information content (AvgIpc) is 2.29. The molecule has 2 atom stereocenters. The van der Waals surface area contributed by atoms with Crippen molar-refractivity contribution in [3.8, 4) is 0 Å². The topological polar surface area (TPSA) is 23.5 Å². The summed E-state index contributed by atoms with van der Waals surface area (Å²) in [5, 5.41) is 9.77. The first-order chi connectivity index (χ1) is 7.78. The molecule has 2 nitrogen and oxygen atoms in total. The van der Waals surface area contributed by atoms with Crippen LogP contribution in [0, 0.1) is 5.92 Å². The Hall–Kier alpha value is -1.12. The van der Waals surface area contributed by atoms with E-state index in [1.807, 2.05) is 12.1 Å². The predicted molar refractivity (Wildman–Crippen MR) is 66.0 cm³/mol. The van der Waals surface area contributed by atoms with Crippen molar-refractivity contribution in [1.82, 2.24) is 4.90 Å². The zero-order valence-corrected chi connectivity index (χ0v) is 9.55. The SMILES string of the molecule is C=C[C@H]1C[C@@H](O)CN(Cc2ccccc2)C1. The summed E-state index contributed by atoms with van der Waals surface area (Å²) in [5.41, 5.74) is 1.31. The van der Waals surface area contributed by atoms with Crippen molar-refractivity contribution in [2.75, 3.05) is 13.1 Å². The second kappa shape index (κ2) is 5.28. The van der Waals surface area contributed by atoms with Crippen molar-refractivity contribution in [3.63, 3.8) is 0 Å². The third-order valence-electron chi connectivity index (χ3n) is 3.12. The van der Waals surface area contributed by atoms with E-state index < -0.39 is 0 Å². The monoisotopic (exact) mass is 217 g/mol. The molecule has 1 heterocycles. The van der Waals surface area contributed by atoms with Crippen molar-refractivity contribution < 1.29 is 5.11 Å². The van der Waals surface area contributed by atoms with Gasteiger partial charge in [-0.25, -0.2) is 0 Å². The molecule has 86 valence electrons. The molecule has 0 unspecified atom stereocenters. The summed E-state index contributed by atoms with van der Waals surface area (Å²) in [6, 6.07) is 10.4. The first-order valence-electron chi connectivity index (χ1n) is 5.85. The first kappa shape index (κ1) is 11.4. The molecule has 1 aromatic rings. The predicted octanol–water partition coefficient (Wildman–Crippen LogP) is 2.06. The van der Waals surface area contributed by atoms with Crippen molar-refractivity contribution in [2.24, 2.45) is 5.92 Å². The largest absolute Gasteiger partial charge is 0.392 e. The van der Waals surface area contributed by atoms with Crippen LogP contribution in [0.1, 0.15) is 12.0 Å². The molecule has 1 saturated heterocycles. The van der Waals surface area contributed by atoms with Gasteiger partial charge in [-0.15, -0.1) is 6.58 Å². The highest BCUT2D eigenvalue weighted by Crippen LogP contribution is 2.19. The van der Waals surface area contributed by atoms with E-state index in [0.717, 1.165) is 26.1 Å². The van der Waals surface area contributed by atoms with Crippen LogP contribution < -0.4 is 0 Å². The number of hydrogen-bond donors (Lipinski definition) is 1. The van der Waals surface area contributed by atoms with Gasteiger partial charge in [0.15, 0.2) is 0 Å². The Morgan fingerprint density at radius 1 is 1.31 bits per heavy atom. The highest BCUT2D eigenvalue weighted by Gasteiger charge is 2.23. The van der Waals surface area contributed by atoms with Gasteiger partial charge in [-0.05, 0) is 17.9 Å². The van der Waals surface area contributed by atoms with Crippen molar-refractivity contribution in [2.45, 2.75) is 19.1 Å². The lowest BCUT2D eigenvalue weighted by Gasteiger charge is -2.34. The zero-order valence-electron chi connectivity index (χ0n) is 9.55. The van der Waals surface area contributed by atoms with E-state index in [1.165, 1.54) is 5.56 Å². The number of aliphatic hydroxyl groups is 1. The van der Waals surface area contributed by atoms with Gasteiger partial charge in [0.2, 0.25) is 0 Å². The summed E-state index contributed by atoms with van der Waals surface area (Å²) >= 11 is 0. The quantitative estimate of drug-likeness (QED) is 0.783. The summed E-state index contributed by atoms with van der Waals surface area (Å²) in [5.74, 6) is 0.424. The van der Waals surface area contributed by atoms with E-state index in [2.05, 4.69) is 35.7 Å². The average molecular weight is 217 g/mol. The van der Waals surface area contributed by atoms with Crippen molar-refractivity contribution in [1.29, 1.82) is 0 Å². The van der Waals surface area contributed by atoms with E-state index in [9.17, 15) is 5.11 Å². The van der Waals surface area contributed by atoms with E-state index in [1.54, 1.807) is 0 Å². The summed E-state index contributed by atoms with van der Waals surface area (Å²) in [6.07, 6.45) is 2.61. The van der Waals surface area contributed by atoms with Crippen LogP contribution in [0.5, 0.6) is 0 Å². The molecule has 1 aliphatic heterocycles. The fourth-order valence-electron chi connectivity index (χ4n) is 2.34. The molecule has 2 heteroatoms. The molecule has 0 radical (unpaired) electrons. The Morgan fingerprint density at radius 3 is 2.75 bits per heavy atom. The minimum atomic E-state index is -0.208. The third-order valence-corrected chi connectivity index (χ3v) is 3.12. The van der Waals surface area contributed by atoms with Gasteiger partial charge in [0.05, 0.1) is 6.10 Å². The highest BCUT2D eigenvalue weighted by molar-refractivity contribution is 5.14. The molecule has 2 rings (SSSR count). The van der Waals surface area contributed by atoms with Gasteiger partial charge < -0.3 is 5.11 Å². The lowest BCUT2D eigenvalue weighted by atomic mass is 9.96. The molecular weight excluding hydrogens is 198 g/mol. The van der Waals surface area contributed by atoms with Gasteiger partial charge in [0.1, 0.15) is 0 Å². The Morgan fingerprint density at radius 2 is 2.06 bits per heavy atom. The lowest BCUT2D eigenvalue weighted by molar-refractivity contribution is 0.0479. The number of rotatable bonds is 3. The van der Waals surface area contributed by atoms with Crippen molar-refractivity contribution in [3.05, 3.63) is 48.6 Å². The first-order valence-corrected chi connectivity index (χ1v) is 5.85. The zero-order chi connectivity index (χ0) is 11.4. The maximum Gasteiger partial charge on any atom is 0.0673 e. The van der Waals surface area contributed by atoms with Gasteiger partial charge in [0.25, 0.3) is 0 Å². The number of benzene rings is 1.